The van der Waals surface area contributed by atoms with Crippen molar-refractivity contribution in [2.24, 2.45) is 0 Å². The number of rotatable bonds is 4. The van der Waals surface area contributed by atoms with Gasteiger partial charge in [0.2, 0.25) is 6.79 Å². The Morgan fingerprint density at radius 3 is 2.86 bits per heavy atom. The molecule has 2 aromatic carbocycles. The van der Waals surface area contributed by atoms with E-state index < -0.39 is 0 Å². The molecule has 1 aliphatic heterocycles. The molecule has 21 heavy (non-hydrogen) atoms. The Morgan fingerprint density at radius 1 is 1.19 bits per heavy atom. The Labute approximate surface area is 120 Å². The van der Waals surface area contributed by atoms with Crippen LogP contribution in [0.4, 0.5) is 5.69 Å². The molecule has 0 saturated carbocycles. The summed E-state index contributed by atoms with van der Waals surface area (Å²) >= 11 is 0. The fourth-order valence-electron chi connectivity index (χ4n) is 1.89. The average Bonchev–Trinajstić information content (AvgIpc) is 2.94. The van der Waals surface area contributed by atoms with Gasteiger partial charge < -0.3 is 24.6 Å². The molecule has 1 amide bonds. The number of anilines is 1. The van der Waals surface area contributed by atoms with Crippen molar-refractivity contribution < 1.29 is 24.1 Å². The number of carbonyl (C=O) groups is 1. The van der Waals surface area contributed by atoms with E-state index in [9.17, 15) is 9.90 Å². The summed E-state index contributed by atoms with van der Waals surface area (Å²) in [4.78, 5) is 11.8. The molecule has 1 heterocycles. The van der Waals surface area contributed by atoms with Gasteiger partial charge in [0.15, 0.2) is 29.6 Å². The molecule has 2 N–H and O–H groups in total. The average molecular weight is 287 g/mol. The van der Waals surface area contributed by atoms with Gasteiger partial charge >= 0.3 is 0 Å². The molecule has 108 valence electrons. The van der Waals surface area contributed by atoms with Crippen LogP contribution in [0.15, 0.2) is 42.5 Å². The highest BCUT2D eigenvalue weighted by Gasteiger charge is 2.14. The van der Waals surface area contributed by atoms with Gasteiger partial charge in [-0.1, -0.05) is 12.1 Å². The van der Waals surface area contributed by atoms with Crippen molar-refractivity contribution >= 4 is 11.6 Å². The number of para-hydroxylation sites is 2. The fraction of sp³-hybridized carbons (Fsp3) is 0.133. The van der Waals surface area contributed by atoms with Crippen LogP contribution >= 0.6 is 0 Å². The molecule has 3 rings (SSSR count). The third kappa shape index (κ3) is 3.00. The van der Waals surface area contributed by atoms with Crippen LogP contribution in [0.5, 0.6) is 23.0 Å². The topological polar surface area (TPSA) is 77.0 Å². The van der Waals surface area contributed by atoms with Gasteiger partial charge in [0.25, 0.3) is 5.91 Å². The number of benzene rings is 2. The molecule has 0 saturated heterocycles. The summed E-state index contributed by atoms with van der Waals surface area (Å²) in [6, 6.07) is 11.6. The van der Waals surface area contributed by atoms with E-state index in [-0.39, 0.29) is 30.8 Å². The smallest absolute Gasteiger partial charge is 0.262 e. The fourth-order valence-corrected chi connectivity index (χ4v) is 1.89. The van der Waals surface area contributed by atoms with Crippen molar-refractivity contribution in [2.75, 3.05) is 18.7 Å². The molecule has 0 fully saturated rings. The third-order valence-corrected chi connectivity index (χ3v) is 2.88. The van der Waals surface area contributed by atoms with Crippen LogP contribution < -0.4 is 19.5 Å². The normalized spacial score (nSPS) is 12.0. The maximum Gasteiger partial charge on any atom is 0.262 e. The minimum Gasteiger partial charge on any atom is -0.504 e. The molecular formula is C15H13NO5. The first-order valence-corrected chi connectivity index (χ1v) is 6.33. The third-order valence-electron chi connectivity index (χ3n) is 2.88. The number of hydrogen-bond donors (Lipinski definition) is 2. The Balaban J connectivity index is 1.58. The van der Waals surface area contributed by atoms with E-state index in [0.29, 0.717) is 17.2 Å². The lowest BCUT2D eigenvalue weighted by molar-refractivity contribution is -0.118. The molecule has 0 bridgehead atoms. The van der Waals surface area contributed by atoms with Crippen LogP contribution in [0.3, 0.4) is 0 Å². The molecule has 0 atom stereocenters. The number of aromatic hydroxyl groups is 1. The predicted octanol–water partition coefficient (Wildman–Crippen LogP) is 2.14. The van der Waals surface area contributed by atoms with E-state index >= 15 is 0 Å². The molecule has 1 aliphatic rings. The monoisotopic (exact) mass is 287 g/mol. The highest BCUT2D eigenvalue weighted by molar-refractivity contribution is 5.92. The highest BCUT2D eigenvalue weighted by Crippen LogP contribution is 2.34. The largest absolute Gasteiger partial charge is 0.504 e. The summed E-state index contributed by atoms with van der Waals surface area (Å²) in [6.07, 6.45) is 0. The summed E-state index contributed by atoms with van der Waals surface area (Å²) in [5.74, 6) is 1.16. The lowest BCUT2D eigenvalue weighted by atomic mass is 10.3. The number of ether oxygens (including phenoxy) is 3. The van der Waals surface area contributed by atoms with Crippen molar-refractivity contribution in [2.45, 2.75) is 0 Å². The second-order valence-corrected chi connectivity index (χ2v) is 4.37. The minimum absolute atomic E-state index is 0.00613. The first kappa shape index (κ1) is 13.1. The molecule has 0 aliphatic carbocycles. The molecule has 6 nitrogen and oxygen atoms in total. The van der Waals surface area contributed by atoms with Crippen LogP contribution in [0.25, 0.3) is 0 Å². The zero-order chi connectivity index (χ0) is 14.7. The van der Waals surface area contributed by atoms with E-state index in [4.69, 9.17) is 14.2 Å². The Morgan fingerprint density at radius 2 is 2.00 bits per heavy atom. The molecular weight excluding hydrogens is 274 g/mol. The summed E-state index contributed by atoms with van der Waals surface area (Å²) in [5, 5.41) is 12.2. The lowest BCUT2D eigenvalue weighted by Crippen LogP contribution is -2.20. The van der Waals surface area contributed by atoms with Crippen LogP contribution in [-0.4, -0.2) is 24.4 Å². The van der Waals surface area contributed by atoms with Gasteiger partial charge in [-0.05, 0) is 24.3 Å². The zero-order valence-electron chi connectivity index (χ0n) is 11.0. The van der Waals surface area contributed by atoms with Crippen molar-refractivity contribution in [3.05, 3.63) is 42.5 Å². The van der Waals surface area contributed by atoms with Gasteiger partial charge in [0.1, 0.15) is 0 Å². The van der Waals surface area contributed by atoms with Gasteiger partial charge in [0.05, 0.1) is 0 Å². The van der Waals surface area contributed by atoms with Gasteiger partial charge in [0, 0.05) is 11.8 Å². The van der Waals surface area contributed by atoms with Gasteiger partial charge in [-0.15, -0.1) is 0 Å². The molecule has 0 aromatic heterocycles. The Hall–Kier alpha value is -2.89. The Kier molecular flexibility index (Phi) is 3.51. The van der Waals surface area contributed by atoms with Crippen LogP contribution in [0.2, 0.25) is 0 Å². The van der Waals surface area contributed by atoms with E-state index in [1.54, 1.807) is 36.4 Å². The first-order valence-electron chi connectivity index (χ1n) is 6.33. The first-order chi connectivity index (χ1) is 10.2. The molecule has 2 aromatic rings. The summed E-state index contributed by atoms with van der Waals surface area (Å²) in [7, 11) is 0. The van der Waals surface area contributed by atoms with E-state index in [2.05, 4.69) is 5.32 Å². The molecule has 0 spiro atoms. The second-order valence-electron chi connectivity index (χ2n) is 4.37. The number of amides is 1. The maximum atomic E-state index is 11.8. The quantitative estimate of drug-likeness (QED) is 0.901. The summed E-state index contributed by atoms with van der Waals surface area (Å²) in [6.45, 7) is -0.0187. The van der Waals surface area contributed by atoms with Crippen molar-refractivity contribution in [3.63, 3.8) is 0 Å². The number of phenols is 1. The molecule has 0 radical (unpaired) electrons. The van der Waals surface area contributed by atoms with E-state index in [1.165, 1.54) is 6.07 Å². The number of nitrogens with one attached hydrogen (secondary N) is 1. The second kappa shape index (κ2) is 5.62. The van der Waals surface area contributed by atoms with E-state index in [1.807, 2.05) is 0 Å². The number of hydrogen-bond acceptors (Lipinski definition) is 5. The van der Waals surface area contributed by atoms with Crippen LogP contribution in [0, 0.1) is 0 Å². The van der Waals surface area contributed by atoms with Gasteiger partial charge in [-0.25, -0.2) is 0 Å². The standard InChI is InChI=1S/C15H13NO5/c17-11-3-1-2-4-12(11)19-8-15(18)16-10-5-6-13-14(7-10)21-9-20-13/h1-7,17H,8-9H2,(H,16,18). The number of fused-ring (bicyclic) bond motifs is 1. The summed E-state index contributed by atoms with van der Waals surface area (Å²) in [5.41, 5.74) is 0.588. The van der Waals surface area contributed by atoms with Crippen LogP contribution in [-0.2, 0) is 4.79 Å². The minimum atomic E-state index is -0.336. The molecule has 0 unspecified atom stereocenters. The van der Waals surface area contributed by atoms with E-state index in [0.717, 1.165) is 0 Å². The van der Waals surface area contributed by atoms with Gasteiger partial charge in [-0.3, -0.25) is 4.79 Å². The summed E-state index contributed by atoms with van der Waals surface area (Å²) < 4.78 is 15.7. The highest BCUT2D eigenvalue weighted by atomic mass is 16.7. The lowest BCUT2D eigenvalue weighted by Gasteiger charge is -2.09. The predicted molar refractivity (Wildman–Crippen MR) is 74.8 cm³/mol. The Bertz CT molecular complexity index is 671. The number of carbonyl (C=O) groups excluding carboxylic acids is 1. The van der Waals surface area contributed by atoms with Crippen molar-refractivity contribution in [3.8, 4) is 23.0 Å². The SMILES string of the molecule is O=C(COc1ccccc1O)Nc1ccc2c(c1)OCO2. The van der Waals surface area contributed by atoms with Crippen LogP contribution in [0.1, 0.15) is 0 Å². The zero-order valence-corrected chi connectivity index (χ0v) is 11.0. The number of phenolic OH excluding ortho intramolecular Hbond substituents is 1. The maximum absolute atomic E-state index is 11.8. The van der Waals surface area contributed by atoms with Crippen molar-refractivity contribution in [1.82, 2.24) is 0 Å². The van der Waals surface area contributed by atoms with Crippen molar-refractivity contribution in [1.29, 1.82) is 0 Å². The molecule has 6 heteroatoms. The van der Waals surface area contributed by atoms with Gasteiger partial charge in [-0.2, -0.15) is 0 Å².